The summed E-state index contributed by atoms with van der Waals surface area (Å²) in [7, 11) is 3.25. The van der Waals surface area contributed by atoms with E-state index < -0.39 is 0 Å². The van der Waals surface area contributed by atoms with Crippen molar-refractivity contribution in [3.8, 4) is 5.75 Å². The number of allylic oxidation sites excluding steroid dienone is 1. The zero-order valence-corrected chi connectivity index (χ0v) is 8.16. The van der Waals surface area contributed by atoms with Crippen LogP contribution in [0, 0.1) is 0 Å². The summed E-state index contributed by atoms with van der Waals surface area (Å²) in [6.07, 6.45) is 2.70. The van der Waals surface area contributed by atoms with Gasteiger partial charge in [-0.3, -0.25) is 0 Å². The minimum Gasteiger partial charge on any atom is -0.508 e. The van der Waals surface area contributed by atoms with Gasteiger partial charge in [0.1, 0.15) is 5.75 Å². The predicted molar refractivity (Wildman–Crippen MR) is 54.9 cm³/mol. The number of hydrogen-bond donors (Lipinski definition) is 1. The van der Waals surface area contributed by atoms with Crippen LogP contribution in [-0.4, -0.2) is 19.3 Å². The summed E-state index contributed by atoms with van der Waals surface area (Å²) in [4.78, 5) is 0. The van der Waals surface area contributed by atoms with Crippen molar-refractivity contribution >= 4 is 0 Å². The number of hydrogen-bond acceptors (Lipinski definition) is 2. The molecule has 2 nitrogen and oxygen atoms in total. The van der Waals surface area contributed by atoms with Crippen molar-refractivity contribution in [2.24, 2.45) is 0 Å². The minimum absolute atomic E-state index is 0.313. The van der Waals surface area contributed by atoms with E-state index in [1.54, 1.807) is 26.4 Å². The Morgan fingerprint density at radius 2 is 1.77 bits per heavy atom. The molecule has 0 aromatic heterocycles. The van der Waals surface area contributed by atoms with Crippen LogP contribution in [0.5, 0.6) is 5.75 Å². The van der Waals surface area contributed by atoms with E-state index in [-0.39, 0.29) is 0 Å². The fourth-order valence-electron chi connectivity index (χ4n) is 0.799. The topological polar surface area (TPSA) is 29.5 Å². The molecule has 2 heteroatoms. The Hall–Kier alpha value is -1.28. The van der Waals surface area contributed by atoms with Gasteiger partial charge in [-0.2, -0.15) is 0 Å². The highest BCUT2D eigenvalue weighted by atomic mass is 16.4. The van der Waals surface area contributed by atoms with Crippen LogP contribution in [0.25, 0.3) is 0 Å². The molecule has 1 aromatic carbocycles. The van der Waals surface area contributed by atoms with Crippen LogP contribution in [0.1, 0.15) is 5.56 Å². The average Bonchev–Trinajstić information content (AvgIpc) is 2.11. The lowest BCUT2D eigenvalue weighted by Gasteiger charge is -1.94. The number of aromatic hydroxyl groups is 1. The maximum atomic E-state index is 8.90. The van der Waals surface area contributed by atoms with Gasteiger partial charge in [0.25, 0.3) is 0 Å². The first-order valence-corrected chi connectivity index (χ1v) is 4.03. The predicted octanol–water partition coefficient (Wildman–Crippen LogP) is 2.38. The van der Waals surface area contributed by atoms with Gasteiger partial charge in [0.05, 0.1) is 0 Å². The molecule has 0 heterocycles. The molecule has 0 unspecified atom stereocenters. The van der Waals surface area contributed by atoms with Crippen molar-refractivity contribution in [3.63, 3.8) is 0 Å². The van der Waals surface area contributed by atoms with E-state index in [2.05, 4.69) is 11.3 Å². The van der Waals surface area contributed by atoms with E-state index in [1.165, 1.54) is 5.56 Å². The summed E-state index contributed by atoms with van der Waals surface area (Å²) in [6, 6.07) is 7.13. The maximum Gasteiger partial charge on any atom is 0.115 e. The van der Waals surface area contributed by atoms with Gasteiger partial charge in [0.15, 0.2) is 0 Å². The van der Waals surface area contributed by atoms with Gasteiger partial charge in [0, 0.05) is 14.2 Å². The van der Waals surface area contributed by atoms with E-state index >= 15 is 0 Å². The quantitative estimate of drug-likeness (QED) is 0.708. The van der Waals surface area contributed by atoms with Crippen LogP contribution in [0.2, 0.25) is 0 Å². The third-order valence-electron chi connectivity index (χ3n) is 1.32. The molecule has 0 fully saturated rings. The SMILES string of the molecule is C=CCc1ccc(O)cc1.COC. The van der Waals surface area contributed by atoms with Gasteiger partial charge in [-0.15, -0.1) is 6.58 Å². The van der Waals surface area contributed by atoms with Gasteiger partial charge < -0.3 is 9.84 Å². The molecule has 0 saturated carbocycles. The standard InChI is InChI=1S/C9H10O.C2H6O/c1-2-3-8-4-6-9(10)7-5-8;1-3-2/h2,4-7,10H,1,3H2;1-2H3. The fourth-order valence-corrected chi connectivity index (χ4v) is 0.799. The molecular weight excluding hydrogens is 164 g/mol. The molecule has 0 radical (unpaired) electrons. The number of phenols is 1. The molecule has 0 bridgehead atoms. The number of ether oxygens (including phenoxy) is 1. The Morgan fingerprint density at radius 1 is 1.31 bits per heavy atom. The summed E-state index contributed by atoms with van der Waals surface area (Å²) in [6.45, 7) is 3.62. The highest BCUT2D eigenvalue weighted by Crippen LogP contribution is 2.09. The largest absolute Gasteiger partial charge is 0.508 e. The van der Waals surface area contributed by atoms with E-state index in [9.17, 15) is 0 Å². The zero-order chi connectivity index (χ0) is 10.1. The molecule has 72 valence electrons. The number of phenolic OH excluding ortho intramolecular Hbond substituents is 1. The van der Waals surface area contributed by atoms with E-state index in [1.807, 2.05) is 18.2 Å². The molecule has 1 aromatic rings. The molecule has 1 rings (SSSR count). The normalized spacial score (nSPS) is 8.46. The molecule has 0 spiro atoms. The molecule has 0 aliphatic heterocycles. The third-order valence-corrected chi connectivity index (χ3v) is 1.32. The summed E-state index contributed by atoms with van der Waals surface area (Å²) >= 11 is 0. The molecule has 0 aliphatic carbocycles. The van der Waals surface area contributed by atoms with E-state index in [0.29, 0.717) is 5.75 Å². The first kappa shape index (κ1) is 11.7. The molecular formula is C11H16O2. The Bertz CT molecular complexity index is 226. The molecule has 1 N–H and O–H groups in total. The van der Waals surface area contributed by atoms with Gasteiger partial charge in [-0.25, -0.2) is 0 Å². The highest BCUT2D eigenvalue weighted by molar-refractivity contribution is 5.26. The summed E-state index contributed by atoms with van der Waals surface area (Å²) in [5.74, 6) is 0.313. The second-order valence-corrected chi connectivity index (χ2v) is 2.57. The Morgan fingerprint density at radius 3 is 2.15 bits per heavy atom. The van der Waals surface area contributed by atoms with Crippen molar-refractivity contribution in [1.82, 2.24) is 0 Å². The van der Waals surface area contributed by atoms with Crippen LogP contribution in [-0.2, 0) is 11.2 Å². The van der Waals surface area contributed by atoms with E-state index in [4.69, 9.17) is 5.11 Å². The molecule has 0 aliphatic rings. The van der Waals surface area contributed by atoms with Crippen LogP contribution >= 0.6 is 0 Å². The van der Waals surface area contributed by atoms with Gasteiger partial charge in [-0.05, 0) is 24.1 Å². The van der Waals surface area contributed by atoms with Crippen LogP contribution in [0.15, 0.2) is 36.9 Å². The van der Waals surface area contributed by atoms with Crippen molar-refractivity contribution < 1.29 is 9.84 Å². The fraction of sp³-hybridized carbons (Fsp3) is 0.273. The second kappa shape index (κ2) is 7.37. The first-order chi connectivity index (χ1) is 6.24. The highest BCUT2D eigenvalue weighted by Gasteiger charge is 1.87. The first-order valence-electron chi connectivity index (χ1n) is 4.03. The number of rotatable bonds is 2. The van der Waals surface area contributed by atoms with Crippen LogP contribution in [0.3, 0.4) is 0 Å². The van der Waals surface area contributed by atoms with Crippen molar-refractivity contribution in [2.75, 3.05) is 14.2 Å². The Labute approximate surface area is 79.5 Å². The number of benzene rings is 1. The van der Waals surface area contributed by atoms with Crippen molar-refractivity contribution in [3.05, 3.63) is 42.5 Å². The van der Waals surface area contributed by atoms with Gasteiger partial charge in [0.2, 0.25) is 0 Å². The average molecular weight is 180 g/mol. The minimum atomic E-state index is 0.313. The van der Waals surface area contributed by atoms with Gasteiger partial charge in [-0.1, -0.05) is 18.2 Å². The Balaban J connectivity index is 0.000000424. The number of methoxy groups -OCH3 is 1. The van der Waals surface area contributed by atoms with Crippen molar-refractivity contribution in [1.29, 1.82) is 0 Å². The monoisotopic (exact) mass is 180 g/mol. The smallest absolute Gasteiger partial charge is 0.115 e. The van der Waals surface area contributed by atoms with Crippen LogP contribution < -0.4 is 0 Å². The lowest BCUT2D eigenvalue weighted by Crippen LogP contribution is -1.77. The summed E-state index contributed by atoms with van der Waals surface area (Å²) < 4.78 is 4.25. The third kappa shape index (κ3) is 5.93. The van der Waals surface area contributed by atoms with Crippen molar-refractivity contribution in [2.45, 2.75) is 6.42 Å². The summed E-state index contributed by atoms with van der Waals surface area (Å²) in [5.41, 5.74) is 1.17. The van der Waals surface area contributed by atoms with E-state index in [0.717, 1.165) is 6.42 Å². The lowest BCUT2D eigenvalue weighted by atomic mass is 10.1. The maximum absolute atomic E-state index is 8.90. The zero-order valence-electron chi connectivity index (χ0n) is 8.16. The lowest BCUT2D eigenvalue weighted by molar-refractivity contribution is 0.277. The van der Waals surface area contributed by atoms with Crippen LogP contribution in [0.4, 0.5) is 0 Å². The molecule has 0 saturated heterocycles. The molecule has 13 heavy (non-hydrogen) atoms. The molecule has 0 atom stereocenters. The Kier molecular flexibility index (Phi) is 6.65. The van der Waals surface area contributed by atoms with Gasteiger partial charge >= 0.3 is 0 Å². The molecule has 0 amide bonds. The second-order valence-electron chi connectivity index (χ2n) is 2.57. The summed E-state index contributed by atoms with van der Waals surface area (Å²) in [5, 5.41) is 8.90.